The van der Waals surface area contributed by atoms with E-state index in [4.69, 9.17) is 15.3 Å². The van der Waals surface area contributed by atoms with Crippen molar-refractivity contribution in [2.75, 3.05) is 6.61 Å². The molecule has 3 N–H and O–H groups in total. The second-order valence-electron chi connectivity index (χ2n) is 2.77. The van der Waals surface area contributed by atoms with E-state index in [9.17, 15) is 0 Å². The second-order valence-corrected chi connectivity index (χ2v) is 2.77. The molecular weight excluding hydrogens is 180 g/mol. The minimum Gasteiger partial charge on any atom is -0.395 e. The van der Waals surface area contributed by atoms with Crippen LogP contribution in [-0.2, 0) is 0 Å². The van der Waals surface area contributed by atoms with Crippen LogP contribution in [0.5, 0.6) is 0 Å². The van der Waals surface area contributed by atoms with E-state index in [1.165, 1.54) is 0 Å². The van der Waals surface area contributed by atoms with Gasteiger partial charge >= 0.3 is 0 Å². The highest BCUT2D eigenvalue weighted by molar-refractivity contribution is 5.37. The molecule has 0 saturated carbocycles. The Bertz CT molecular complexity index is 347. The van der Waals surface area contributed by atoms with Crippen LogP contribution in [0.25, 0.3) is 0 Å². The molecule has 0 aliphatic rings. The molecule has 74 valence electrons. The molecule has 0 aliphatic heterocycles. The van der Waals surface area contributed by atoms with Crippen molar-refractivity contribution in [1.29, 1.82) is 0 Å². The monoisotopic (exact) mass is 192 g/mol. The topological polar surface area (TPSA) is 60.7 Å². The minimum absolute atomic E-state index is 0.0370. The van der Waals surface area contributed by atoms with Crippen molar-refractivity contribution < 1.29 is 15.3 Å². The van der Waals surface area contributed by atoms with Crippen molar-refractivity contribution >= 4 is 0 Å². The van der Waals surface area contributed by atoms with Gasteiger partial charge in [-0.2, -0.15) is 0 Å². The number of aliphatic hydroxyl groups excluding tert-OH is 2. The van der Waals surface area contributed by atoms with Gasteiger partial charge in [0.25, 0.3) is 0 Å². The van der Waals surface area contributed by atoms with E-state index in [1.54, 1.807) is 24.3 Å². The summed E-state index contributed by atoms with van der Waals surface area (Å²) < 4.78 is 0. The van der Waals surface area contributed by atoms with Gasteiger partial charge in [0.1, 0.15) is 0 Å². The first-order chi connectivity index (χ1) is 6.74. The van der Waals surface area contributed by atoms with Crippen LogP contribution in [-0.4, -0.2) is 21.9 Å². The lowest BCUT2D eigenvalue weighted by Crippen LogP contribution is -1.94. The van der Waals surface area contributed by atoms with Gasteiger partial charge in [0.05, 0.1) is 6.61 Å². The zero-order valence-corrected chi connectivity index (χ0v) is 7.64. The Kier molecular flexibility index (Phi) is 4.14. The van der Waals surface area contributed by atoms with E-state index in [0.29, 0.717) is 17.5 Å². The van der Waals surface area contributed by atoms with Crippen molar-refractivity contribution in [3.63, 3.8) is 0 Å². The minimum atomic E-state index is -1.46. The van der Waals surface area contributed by atoms with Gasteiger partial charge in [-0.25, -0.2) is 0 Å². The molecule has 1 aromatic rings. The van der Waals surface area contributed by atoms with Gasteiger partial charge in [-0.05, 0) is 12.1 Å². The van der Waals surface area contributed by atoms with Crippen molar-refractivity contribution in [3.05, 3.63) is 35.4 Å². The van der Waals surface area contributed by atoms with Crippen molar-refractivity contribution in [3.8, 4) is 11.8 Å². The molecule has 3 heteroatoms. The fourth-order valence-electron chi connectivity index (χ4n) is 0.997. The molecule has 0 radical (unpaired) electrons. The van der Waals surface area contributed by atoms with Gasteiger partial charge in [0.2, 0.25) is 0 Å². The second kappa shape index (κ2) is 5.40. The lowest BCUT2D eigenvalue weighted by atomic mass is 10.1. The van der Waals surface area contributed by atoms with Crippen LogP contribution in [0.3, 0.4) is 0 Å². The van der Waals surface area contributed by atoms with Crippen LogP contribution in [0.4, 0.5) is 0 Å². The zero-order chi connectivity index (χ0) is 10.4. The summed E-state index contributed by atoms with van der Waals surface area (Å²) in [6.45, 7) is 0.0370. The molecule has 0 unspecified atom stereocenters. The summed E-state index contributed by atoms with van der Waals surface area (Å²) >= 11 is 0. The number of aliphatic hydroxyl groups is 3. The Labute approximate surface area is 82.6 Å². The molecule has 0 fully saturated rings. The summed E-state index contributed by atoms with van der Waals surface area (Å²) in [5.41, 5.74) is 1.13. The summed E-state index contributed by atoms with van der Waals surface area (Å²) in [5.74, 6) is 5.56. The van der Waals surface area contributed by atoms with E-state index in [-0.39, 0.29) is 6.61 Å². The van der Waals surface area contributed by atoms with Crippen LogP contribution in [0.2, 0.25) is 0 Å². The molecule has 14 heavy (non-hydrogen) atoms. The van der Waals surface area contributed by atoms with E-state index < -0.39 is 6.29 Å². The fourth-order valence-corrected chi connectivity index (χ4v) is 0.997. The molecule has 0 atom stereocenters. The Morgan fingerprint density at radius 1 is 1.29 bits per heavy atom. The molecular formula is C11H12O3. The summed E-state index contributed by atoms with van der Waals surface area (Å²) in [6.07, 6.45) is -1.04. The van der Waals surface area contributed by atoms with Crippen LogP contribution < -0.4 is 0 Å². The molecule has 1 rings (SSSR count). The van der Waals surface area contributed by atoms with Gasteiger partial charge in [-0.3, -0.25) is 0 Å². The Balaban J connectivity index is 2.80. The lowest BCUT2D eigenvalue weighted by Gasteiger charge is -2.02. The molecule has 0 spiro atoms. The first-order valence-corrected chi connectivity index (χ1v) is 4.30. The maximum atomic E-state index is 8.89. The average molecular weight is 192 g/mol. The third-order valence-corrected chi connectivity index (χ3v) is 1.65. The summed E-state index contributed by atoms with van der Waals surface area (Å²) in [4.78, 5) is 0. The van der Waals surface area contributed by atoms with Crippen LogP contribution in [0.1, 0.15) is 23.8 Å². The molecule has 0 aliphatic carbocycles. The van der Waals surface area contributed by atoms with Gasteiger partial charge in [-0.1, -0.05) is 24.0 Å². The number of hydrogen-bond donors (Lipinski definition) is 3. The van der Waals surface area contributed by atoms with Gasteiger partial charge in [0.15, 0.2) is 6.29 Å². The van der Waals surface area contributed by atoms with Gasteiger partial charge in [0, 0.05) is 17.5 Å². The zero-order valence-electron chi connectivity index (χ0n) is 7.64. The van der Waals surface area contributed by atoms with E-state index >= 15 is 0 Å². The maximum Gasteiger partial charge on any atom is 0.178 e. The Morgan fingerprint density at radius 3 is 2.71 bits per heavy atom. The highest BCUT2D eigenvalue weighted by atomic mass is 16.5. The molecule has 0 amide bonds. The number of rotatable bonds is 2. The third-order valence-electron chi connectivity index (χ3n) is 1.65. The van der Waals surface area contributed by atoms with E-state index in [0.717, 1.165) is 0 Å². The summed E-state index contributed by atoms with van der Waals surface area (Å²) in [6, 6.07) is 6.70. The first-order valence-electron chi connectivity index (χ1n) is 4.30. The summed E-state index contributed by atoms with van der Waals surface area (Å²) in [5, 5.41) is 26.3. The van der Waals surface area contributed by atoms with Gasteiger partial charge in [-0.15, -0.1) is 0 Å². The SMILES string of the molecule is OCCC#Cc1cccc(C(O)O)c1. The highest BCUT2D eigenvalue weighted by Gasteiger charge is 2.00. The number of hydrogen-bond acceptors (Lipinski definition) is 3. The van der Waals surface area contributed by atoms with Crippen molar-refractivity contribution in [2.45, 2.75) is 12.7 Å². The molecule has 0 bridgehead atoms. The quantitative estimate of drug-likeness (QED) is 0.469. The average Bonchev–Trinajstić information content (AvgIpc) is 2.19. The first kappa shape index (κ1) is 10.7. The van der Waals surface area contributed by atoms with Crippen LogP contribution in [0, 0.1) is 11.8 Å². The maximum absolute atomic E-state index is 8.89. The van der Waals surface area contributed by atoms with Crippen molar-refractivity contribution in [1.82, 2.24) is 0 Å². The molecule has 3 nitrogen and oxygen atoms in total. The predicted molar refractivity (Wildman–Crippen MR) is 52.2 cm³/mol. The van der Waals surface area contributed by atoms with Gasteiger partial charge < -0.3 is 15.3 Å². The predicted octanol–water partition coefficient (Wildman–Crippen LogP) is 0.404. The normalized spacial score (nSPS) is 9.71. The molecule has 0 heterocycles. The fraction of sp³-hybridized carbons (Fsp3) is 0.273. The molecule has 1 aromatic carbocycles. The lowest BCUT2D eigenvalue weighted by molar-refractivity contribution is -0.0425. The number of benzene rings is 1. The smallest absolute Gasteiger partial charge is 0.178 e. The highest BCUT2D eigenvalue weighted by Crippen LogP contribution is 2.10. The van der Waals surface area contributed by atoms with Crippen LogP contribution >= 0.6 is 0 Å². The van der Waals surface area contributed by atoms with E-state index in [2.05, 4.69) is 11.8 Å². The van der Waals surface area contributed by atoms with E-state index in [1.807, 2.05) is 0 Å². The van der Waals surface area contributed by atoms with Crippen molar-refractivity contribution in [2.24, 2.45) is 0 Å². The largest absolute Gasteiger partial charge is 0.395 e. The molecule has 0 aromatic heterocycles. The summed E-state index contributed by atoms with van der Waals surface area (Å²) in [7, 11) is 0. The standard InChI is InChI=1S/C11H12O3/c12-7-2-1-4-9-5-3-6-10(8-9)11(13)14/h3,5-6,8,11-14H,2,7H2. The third kappa shape index (κ3) is 3.19. The van der Waals surface area contributed by atoms with Crippen LogP contribution in [0.15, 0.2) is 24.3 Å². The molecule has 0 saturated heterocycles. The Morgan fingerprint density at radius 2 is 2.07 bits per heavy atom. The Hall–Kier alpha value is -1.34.